The highest BCUT2D eigenvalue weighted by Gasteiger charge is 2.20. The number of ether oxygens (including phenoxy) is 1. The molecule has 0 aliphatic heterocycles. The Kier molecular flexibility index (Phi) is 6.26. The van der Waals surface area contributed by atoms with E-state index < -0.39 is 16.9 Å². The number of rotatable bonds is 7. The SMILES string of the molecule is CCC(=O)Nc1ccc(NC(=O)C(C)Oc2ccccc2[N+](=O)[O-])cc1. The van der Waals surface area contributed by atoms with Crippen molar-refractivity contribution < 1.29 is 19.2 Å². The molecule has 0 spiro atoms. The van der Waals surface area contributed by atoms with Gasteiger partial charge in [-0.1, -0.05) is 19.1 Å². The van der Waals surface area contributed by atoms with Crippen LogP contribution in [0.3, 0.4) is 0 Å². The quantitative estimate of drug-likeness (QED) is 0.583. The predicted octanol–water partition coefficient (Wildman–Crippen LogP) is 3.35. The third-order valence-corrected chi connectivity index (χ3v) is 3.49. The van der Waals surface area contributed by atoms with E-state index in [0.717, 1.165) is 0 Å². The van der Waals surface area contributed by atoms with Gasteiger partial charge in [-0.05, 0) is 37.3 Å². The van der Waals surface area contributed by atoms with Gasteiger partial charge in [-0.2, -0.15) is 0 Å². The van der Waals surface area contributed by atoms with Crippen molar-refractivity contribution in [3.63, 3.8) is 0 Å². The number of hydrogen-bond donors (Lipinski definition) is 2. The first-order valence-corrected chi connectivity index (χ1v) is 8.01. The highest BCUT2D eigenvalue weighted by Crippen LogP contribution is 2.27. The maximum Gasteiger partial charge on any atom is 0.310 e. The molecule has 136 valence electrons. The summed E-state index contributed by atoms with van der Waals surface area (Å²) >= 11 is 0. The van der Waals surface area contributed by atoms with Crippen LogP contribution in [-0.4, -0.2) is 22.8 Å². The lowest BCUT2D eigenvalue weighted by atomic mass is 10.2. The van der Waals surface area contributed by atoms with E-state index in [-0.39, 0.29) is 17.3 Å². The summed E-state index contributed by atoms with van der Waals surface area (Å²) in [6.07, 6.45) is -0.561. The Morgan fingerprint density at radius 1 is 1.08 bits per heavy atom. The Morgan fingerprint density at radius 2 is 1.65 bits per heavy atom. The molecule has 0 bridgehead atoms. The second kappa shape index (κ2) is 8.61. The zero-order valence-electron chi connectivity index (χ0n) is 14.4. The van der Waals surface area contributed by atoms with Crippen LogP contribution in [0.5, 0.6) is 5.75 Å². The van der Waals surface area contributed by atoms with Crippen LogP contribution in [0.15, 0.2) is 48.5 Å². The van der Waals surface area contributed by atoms with Gasteiger partial charge < -0.3 is 15.4 Å². The maximum absolute atomic E-state index is 12.2. The second-order valence-corrected chi connectivity index (χ2v) is 5.45. The van der Waals surface area contributed by atoms with Gasteiger partial charge in [-0.25, -0.2) is 0 Å². The fourth-order valence-electron chi connectivity index (χ4n) is 2.08. The minimum absolute atomic E-state index is 0.0257. The van der Waals surface area contributed by atoms with Gasteiger partial charge in [0.25, 0.3) is 5.91 Å². The first kappa shape index (κ1) is 18.9. The van der Waals surface area contributed by atoms with Gasteiger partial charge in [0, 0.05) is 23.9 Å². The summed E-state index contributed by atoms with van der Waals surface area (Å²) in [4.78, 5) is 34.0. The predicted molar refractivity (Wildman–Crippen MR) is 97.2 cm³/mol. The number of carbonyl (C=O) groups is 2. The average Bonchev–Trinajstić information content (AvgIpc) is 2.63. The summed E-state index contributed by atoms with van der Waals surface area (Å²) in [6.45, 7) is 3.25. The lowest BCUT2D eigenvalue weighted by Gasteiger charge is -2.15. The molecular weight excluding hydrogens is 338 g/mol. The smallest absolute Gasteiger partial charge is 0.310 e. The summed E-state index contributed by atoms with van der Waals surface area (Å²) in [6, 6.07) is 12.5. The Labute approximate surface area is 150 Å². The number of nitrogens with one attached hydrogen (secondary N) is 2. The van der Waals surface area contributed by atoms with Gasteiger partial charge in [0.2, 0.25) is 5.91 Å². The van der Waals surface area contributed by atoms with E-state index >= 15 is 0 Å². The molecule has 0 aromatic heterocycles. The molecule has 0 radical (unpaired) electrons. The third-order valence-electron chi connectivity index (χ3n) is 3.49. The standard InChI is InChI=1S/C18H19N3O5/c1-3-17(22)19-13-8-10-14(11-9-13)20-18(23)12(2)26-16-7-5-4-6-15(16)21(24)25/h4-12H,3H2,1-2H3,(H,19,22)(H,20,23). The highest BCUT2D eigenvalue weighted by molar-refractivity contribution is 5.95. The van der Waals surface area contributed by atoms with Crippen LogP contribution in [-0.2, 0) is 9.59 Å². The number of anilines is 2. The summed E-state index contributed by atoms with van der Waals surface area (Å²) in [7, 11) is 0. The lowest BCUT2D eigenvalue weighted by molar-refractivity contribution is -0.386. The molecule has 2 aromatic carbocycles. The van der Waals surface area contributed by atoms with Gasteiger partial charge in [-0.3, -0.25) is 19.7 Å². The average molecular weight is 357 g/mol. The van der Waals surface area contributed by atoms with Crippen LogP contribution >= 0.6 is 0 Å². The van der Waals surface area contributed by atoms with Crippen molar-refractivity contribution in [3.05, 3.63) is 58.6 Å². The van der Waals surface area contributed by atoms with E-state index in [1.807, 2.05) is 0 Å². The van der Waals surface area contributed by atoms with Crippen molar-refractivity contribution in [2.24, 2.45) is 0 Å². The number of carbonyl (C=O) groups excluding carboxylic acids is 2. The molecule has 8 nitrogen and oxygen atoms in total. The topological polar surface area (TPSA) is 111 Å². The molecule has 2 aromatic rings. The Balaban J connectivity index is 1.99. The molecule has 0 fully saturated rings. The molecule has 2 amide bonds. The van der Waals surface area contributed by atoms with Gasteiger partial charge in [0.1, 0.15) is 0 Å². The van der Waals surface area contributed by atoms with Gasteiger partial charge in [0.15, 0.2) is 11.9 Å². The van der Waals surface area contributed by atoms with E-state index in [0.29, 0.717) is 17.8 Å². The van der Waals surface area contributed by atoms with Crippen LogP contribution in [0, 0.1) is 10.1 Å². The summed E-state index contributed by atoms with van der Waals surface area (Å²) in [5.74, 6) is -0.528. The van der Waals surface area contributed by atoms with E-state index in [4.69, 9.17) is 4.74 Å². The fourth-order valence-corrected chi connectivity index (χ4v) is 2.08. The normalized spacial score (nSPS) is 11.3. The monoisotopic (exact) mass is 357 g/mol. The summed E-state index contributed by atoms with van der Waals surface area (Å²) in [5.41, 5.74) is 0.935. The molecule has 0 heterocycles. The number of nitro groups is 1. The molecule has 0 saturated carbocycles. The Hall–Kier alpha value is -3.42. The first-order valence-electron chi connectivity index (χ1n) is 8.01. The number of para-hydroxylation sites is 2. The molecule has 0 aliphatic rings. The van der Waals surface area contributed by atoms with Crippen molar-refractivity contribution >= 4 is 28.9 Å². The molecular formula is C18H19N3O5. The molecule has 2 N–H and O–H groups in total. The number of amides is 2. The van der Waals surface area contributed by atoms with Crippen LogP contribution in [0.2, 0.25) is 0 Å². The number of hydrogen-bond acceptors (Lipinski definition) is 5. The zero-order chi connectivity index (χ0) is 19.1. The molecule has 8 heteroatoms. The van der Waals surface area contributed by atoms with Crippen LogP contribution in [0.4, 0.5) is 17.1 Å². The fraction of sp³-hybridized carbons (Fsp3) is 0.222. The van der Waals surface area contributed by atoms with Crippen molar-refractivity contribution in [1.82, 2.24) is 0 Å². The van der Waals surface area contributed by atoms with Crippen molar-refractivity contribution in [2.75, 3.05) is 10.6 Å². The summed E-state index contributed by atoms with van der Waals surface area (Å²) < 4.78 is 5.42. The molecule has 1 unspecified atom stereocenters. The van der Waals surface area contributed by atoms with Crippen LogP contribution < -0.4 is 15.4 Å². The minimum Gasteiger partial charge on any atom is -0.474 e. The van der Waals surface area contributed by atoms with Crippen molar-refractivity contribution in [2.45, 2.75) is 26.4 Å². The van der Waals surface area contributed by atoms with Crippen LogP contribution in [0.1, 0.15) is 20.3 Å². The van der Waals surface area contributed by atoms with E-state index in [1.165, 1.54) is 25.1 Å². The summed E-state index contributed by atoms with van der Waals surface area (Å²) in [5, 5.41) is 16.4. The van der Waals surface area contributed by atoms with Gasteiger partial charge >= 0.3 is 5.69 Å². The molecule has 0 aliphatic carbocycles. The van der Waals surface area contributed by atoms with Gasteiger partial charge in [0.05, 0.1) is 4.92 Å². The molecule has 26 heavy (non-hydrogen) atoms. The number of benzene rings is 2. The molecule has 1 atom stereocenters. The third kappa shape index (κ3) is 5.04. The van der Waals surface area contributed by atoms with Crippen molar-refractivity contribution in [1.29, 1.82) is 0 Å². The van der Waals surface area contributed by atoms with Gasteiger partial charge in [-0.15, -0.1) is 0 Å². The van der Waals surface area contributed by atoms with E-state index in [1.54, 1.807) is 37.3 Å². The largest absolute Gasteiger partial charge is 0.474 e. The lowest BCUT2D eigenvalue weighted by Crippen LogP contribution is -2.30. The Bertz CT molecular complexity index is 805. The van der Waals surface area contributed by atoms with E-state index in [2.05, 4.69) is 10.6 Å². The second-order valence-electron chi connectivity index (χ2n) is 5.45. The van der Waals surface area contributed by atoms with Crippen LogP contribution in [0.25, 0.3) is 0 Å². The molecule has 2 rings (SSSR count). The zero-order valence-corrected chi connectivity index (χ0v) is 14.4. The molecule has 0 saturated heterocycles. The van der Waals surface area contributed by atoms with Crippen molar-refractivity contribution in [3.8, 4) is 5.75 Å². The minimum atomic E-state index is -0.935. The first-order chi connectivity index (χ1) is 12.4. The highest BCUT2D eigenvalue weighted by atomic mass is 16.6. The number of nitrogens with zero attached hydrogens (tertiary/aromatic N) is 1. The maximum atomic E-state index is 12.2. The Morgan fingerprint density at radius 3 is 2.23 bits per heavy atom. The van der Waals surface area contributed by atoms with E-state index in [9.17, 15) is 19.7 Å². The number of nitro benzene ring substituents is 1.